The number of carbonyl (C=O) groups is 1. The number of benzene rings is 1. The number of carbonyl (C=O) groups excluding carboxylic acids is 1. The number of halogens is 1. The van der Waals surface area contributed by atoms with Gasteiger partial charge in [-0.1, -0.05) is 25.4 Å². The maximum Gasteiger partial charge on any atom is 0.255 e. The monoisotopic (exact) mass is 362 g/mol. The van der Waals surface area contributed by atoms with Crippen molar-refractivity contribution in [1.82, 2.24) is 9.21 Å². The molecule has 0 bridgehead atoms. The van der Waals surface area contributed by atoms with Gasteiger partial charge in [-0.25, -0.2) is 8.42 Å². The molecule has 0 aliphatic carbocycles. The van der Waals surface area contributed by atoms with Crippen molar-refractivity contribution in [3.05, 3.63) is 28.8 Å². The SMILES string of the molecule is CCN(CCO)C(=O)c1cc(S(=O)(=O)N(CC)CC)ccc1Cl. The number of sulfonamides is 1. The lowest BCUT2D eigenvalue weighted by atomic mass is 10.2. The number of amides is 1. The summed E-state index contributed by atoms with van der Waals surface area (Å²) < 4.78 is 26.4. The molecule has 0 spiro atoms. The van der Waals surface area contributed by atoms with Crippen molar-refractivity contribution >= 4 is 27.5 Å². The van der Waals surface area contributed by atoms with E-state index < -0.39 is 15.9 Å². The second-order valence-corrected chi connectivity index (χ2v) is 7.18. The topological polar surface area (TPSA) is 77.9 Å². The Morgan fingerprint density at radius 3 is 2.26 bits per heavy atom. The van der Waals surface area contributed by atoms with E-state index in [9.17, 15) is 13.2 Å². The molecule has 0 saturated carbocycles. The number of rotatable bonds is 8. The van der Waals surface area contributed by atoms with Gasteiger partial charge in [-0.15, -0.1) is 0 Å². The predicted octanol–water partition coefficient (Wildman–Crippen LogP) is 1.82. The number of likely N-dealkylation sites (N-methyl/N-ethyl adjacent to an activating group) is 1. The Hall–Kier alpha value is -1.15. The molecule has 0 fully saturated rings. The molecule has 0 saturated heterocycles. The zero-order chi connectivity index (χ0) is 17.6. The van der Waals surface area contributed by atoms with Gasteiger partial charge in [0.05, 0.1) is 22.1 Å². The maximum atomic E-state index is 12.6. The Bertz CT molecular complexity index is 645. The van der Waals surface area contributed by atoms with Gasteiger partial charge in [0.15, 0.2) is 0 Å². The van der Waals surface area contributed by atoms with Gasteiger partial charge >= 0.3 is 0 Å². The van der Waals surface area contributed by atoms with E-state index in [-0.39, 0.29) is 28.6 Å². The molecule has 0 aliphatic heterocycles. The van der Waals surface area contributed by atoms with Crippen LogP contribution in [0.15, 0.2) is 23.1 Å². The molecule has 6 nitrogen and oxygen atoms in total. The maximum absolute atomic E-state index is 12.6. The fourth-order valence-electron chi connectivity index (χ4n) is 2.24. The van der Waals surface area contributed by atoms with Gasteiger partial charge in [0, 0.05) is 26.2 Å². The normalized spacial score (nSPS) is 11.7. The summed E-state index contributed by atoms with van der Waals surface area (Å²) >= 11 is 6.07. The molecule has 0 atom stereocenters. The minimum Gasteiger partial charge on any atom is -0.395 e. The van der Waals surface area contributed by atoms with E-state index in [1.54, 1.807) is 20.8 Å². The molecule has 1 rings (SSSR count). The van der Waals surface area contributed by atoms with Crippen molar-refractivity contribution < 1.29 is 18.3 Å². The Balaban J connectivity index is 3.30. The number of hydrogen-bond donors (Lipinski definition) is 1. The number of nitrogens with zero attached hydrogens (tertiary/aromatic N) is 2. The molecule has 8 heteroatoms. The molecule has 0 unspecified atom stereocenters. The van der Waals surface area contributed by atoms with Crippen LogP contribution in [0.2, 0.25) is 5.02 Å². The predicted molar refractivity (Wildman–Crippen MR) is 90.2 cm³/mol. The van der Waals surface area contributed by atoms with E-state index in [1.165, 1.54) is 27.4 Å². The minimum atomic E-state index is -3.66. The van der Waals surface area contributed by atoms with E-state index in [4.69, 9.17) is 16.7 Å². The smallest absolute Gasteiger partial charge is 0.255 e. The Morgan fingerprint density at radius 1 is 1.17 bits per heavy atom. The Morgan fingerprint density at radius 2 is 1.78 bits per heavy atom. The molecule has 0 aromatic heterocycles. The third kappa shape index (κ3) is 4.44. The number of aliphatic hydroxyl groups excluding tert-OH is 1. The molecule has 1 aromatic rings. The summed E-state index contributed by atoms with van der Waals surface area (Å²) in [5.74, 6) is -0.400. The van der Waals surface area contributed by atoms with Crippen molar-refractivity contribution in [3.63, 3.8) is 0 Å². The first kappa shape index (κ1) is 19.9. The van der Waals surface area contributed by atoms with Gasteiger partial charge in [0.25, 0.3) is 5.91 Å². The van der Waals surface area contributed by atoms with Crippen LogP contribution in [-0.4, -0.2) is 61.4 Å². The molecule has 1 N–H and O–H groups in total. The zero-order valence-electron chi connectivity index (χ0n) is 13.6. The molecule has 0 heterocycles. The van der Waals surface area contributed by atoms with Crippen molar-refractivity contribution in [2.24, 2.45) is 0 Å². The lowest BCUT2D eigenvalue weighted by molar-refractivity contribution is 0.0732. The summed E-state index contributed by atoms with van der Waals surface area (Å²) in [6.45, 7) is 6.35. The zero-order valence-corrected chi connectivity index (χ0v) is 15.2. The van der Waals surface area contributed by atoms with E-state index in [0.717, 1.165) is 0 Å². The van der Waals surface area contributed by atoms with Crippen LogP contribution in [-0.2, 0) is 10.0 Å². The van der Waals surface area contributed by atoms with Gasteiger partial charge in [-0.05, 0) is 25.1 Å². The summed E-state index contributed by atoms with van der Waals surface area (Å²) in [4.78, 5) is 13.9. The van der Waals surface area contributed by atoms with Crippen LogP contribution in [0.4, 0.5) is 0 Å². The van der Waals surface area contributed by atoms with Gasteiger partial charge in [-0.2, -0.15) is 4.31 Å². The highest BCUT2D eigenvalue weighted by atomic mass is 35.5. The molecule has 23 heavy (non-hydrogen) atoms. The summed E-state index contributed by atoms with van der Waals surface area (Å²) in [5.41, 5.74) is 0.121. The standard InChI is InChI=1S/C15H23ClN2O4S/c1-4-17(9-10-19)15(20)13-11-12(7-8-14(13)16)23(21,22)18(5-2)6-3/h7-8,11,19H,4-6,9-10H2,1-3H3. The molecule has 1 amide bonds. The van der Waals surface area contributed by atoms with Crippen molar-refractivity contribution in [2.75, 3.05) is 32.8 Å². The van der Waals surface area contributed by atoms with Crippen LogP contribution in [0.5, 0.6) is 0 Å². The van der Waals surface area contributed by atoms with Gasteiger partial charge in [-0.3, -0.25) is 4.79 Å². The van der Waals surface area contributed by atoms with Crippen molar-refractivity contribution in [3.8, 4) is 0 Å². The molecule has 130 valence electrons. The molecule has 0 radical (unpaired) electrons. The van der Waals surface area contributed by atoms with E-state index in [0.29, 0.717) is 19.6 Å². The van der Waals surface area contributed by atoms with Crippen LogP contribution in [0, 0.1) is 0 Å². The highest BCUT2D eigenvalue weighted by Gasteiger charge is 2.25. The number of aliphatic hydroxyl groups is 1. The van der Waals surface area contributed by atoms with Gasteiger partial charge in [0.1, 0.15) is 0 Å². The van der Waals surface area contributed by atoms with Gasteiger partial charge < -0.3 is 10.0 Å². The molecular weight excluding hydrogens is 340 g/mol. The van der Waals surface area contributed by atoms with Crippen LogP contribution in [0.1, 0.15) is 31.1 Å². The first-order chi connectivity index (χ1) is 10.8. The Labute approximate surface area is 142 Å². The molecule has 0 aliphatic rings. The van der Waals surface area contributed by atoms with Crippen molar-refractivity contribution in [1.29, 1.82) is 0 Å². The third-order valence-corrected chi connectivity index (χ3v) is 5.93. The lowest BCUT2D eigenvalue weighted by Crippen LogP contribution is -2.34. The average Bonchev–Trinajstić information content (AvgIpc) is 2.53. The largest absolute Gasteiger partial charge is 0.395 e. The van der Waals surface area contributed by atoms with E-state index in [1.807, 2.05) is 0 Å². The van der Waals surface area contributed by atoms with Crippen LogP contribution >= 0.6 is 11.6 Å². The fourth-order valence-corrected chi connectivity index (χ4v) is 3.92. The molecular formula is C15H23ClN2O4S. The lowest BCUT2D eigenvalue weighted by Gasteiger charge is -2.22. The highest BCUT2D eigenvalue weighted by Crippen LogP contribution is 2.24. The van der Waals surface area contributed by atoms with Crippen molar-refractivity contribution in [2.45, 2.75) is 25.7 Å². The second-order valence-electron chi connectivity index (χ2n) is 4.84. The average molecular weight is 363 g/mol. The first-order valence-corrected chi connectivity index (χ1v) is 9.35. The minimum absolute atomic E-state index is 0.0361. The highest BCUT2D eigenvalue weighted by molar-refractivity contribution is 7.89. The summed E-state index contributed by atoms with van der Waals surface area (Å²) in [6, 6.07) is 4.12. The summed E-state index contributed by atoms with van der Waals surface area (Å²) in [6.07, 6.45) is 0. The Kier molecular flexibility index (Phi) is 7.47. The van der Waals surface area contributed by atoms with Crippen LogP contribution < -0.4 is 0 Å². The summed E-state index contributed by atoms with van der Waals surface area (Å²) in [5, 5.41) is 9.21. The van der Waals surface area contributed by atoms with E-state index in [2.05, 4.69) is 0 Å². The van der Waals surface area contributed by atoms with E-state index >= 15 is 0 Å². The van der Waals surface area contributed by atoms with Crippen LogP contribution in [0.25, 0.3) is 0 Å². The second kappa shape index (κ2) is 8.63. The quantitative estimate of drug-likeness (QED) is 0.765. The third-order valence-electron chi connectivity index (χ3n) is 3.55. The van der Waals surface area contributed by atoms with Gasteiger partial charge in [0.2, 0.25) is 10.0 Å². The first-order valence-electron chi connectivity index (χ1n) is 7.53. The summed E-state index contributed by atoms with van der Waals surface area (Å²) in [7, 11) is -3.66. The van der Waals surface area contributed by atoms with Crippen LogP contribution in [0.3, 0.4) is 0 Å². The fraction of sp³-hybridized carbons (Fsp3) is 0.533. The molecule has 1 aromatic carbocycles. The number of hydrogen-bond acceptors (Lipinski definition) is 4.